The highest BCUT2D eigenvalue weighted by atomic mass is 19.3. The molecule has 0 amide bonds. The molecule has 86 valence electrons. The zero-order valence-corrected chi connectivity index (χ0v) is 8.89. The number of likely N-dealkylation sites (N-methyl/N-ethyl adjacent to an activating group) is 1. The molecule has 5 heteroatoms. The summed E-state index contributed by atoms with van der Waals surface area (Å²) in [4.78, 5) is 2.14. The summed E-state index contributed by atoms with van der Waals surface area (Å²) in [6.45, 7) is 5.66. The number of rotatable bonds is 8. The van der Waals surface area contributed by atoms with E-state index in [-0.39, 0.29) is 0 Å². The average Bonchev–Trinajstić information content (AvgIpc) is 2.18. The fraction of sp³-hybridized carbons (Fsp3) is 1.00. The van der Waals surface area contributed by atoms with Crippen molar-refractivity contribution in [3.05, 3.63) is 0 Å². The topological polar surface area (TPSA) is 35.5 Å². The monoisotopic (exact) mass is 210 g/mol. The van der Waals surface area contributed by atoms with Crippen molar-refractivity contribution < 1.29 is 13.9 Å². The zero-order valence-electron chi connectivity index (χ0n) is 8.89. The molecule has 0 atom stereocenters. The van der Waals surface area contributed by atoms with Crippen LogP contribution < -0.4 is 5.32 Å². The molecule has 2 N–H and O–H groups in total. The van der Waals surface area contributed by atoms with Crippen LogP contribution in [-0.2, 0) is 0 Å². The number of halogens is 2. The van der Waals surface area contributed by atoms with Crippen LogP contribution in [0, 0.1) is 0 Å². The third-order valence-corrected chi connectivity index (χ3v) is 2.11. The standard InChI is InChI=1S/C9H20F2N2O/c1-3-13(4-2)6-5-12-7-9(10,11)8-14/h12,14H,3-8H2,1-2H3. The van der Waals surface area contributed by atoms with Gasteiger partial charge in [0.05, 0.1) is 6.54 Å². The zero-order chi connectivity index (χ0) is 11.0. The smallest absolute Gasteiger partial charge is 0.282 e. The van der Waals surface area contributed by atoms with E-state index >= 15 is 0 Å². The van der Waals surface area contributed by atoms with E-state index in [1.54, 1.807) is 0 Å². The third-order valence-electron chi connectivity index (χ3n) is 2.11. The normalized spacial score (nSPS) is 12.4. The maximum atomic E-state index is 12.5. The Balaban J connectivity index is 3.45. The van der Waals surface area contributed by atoms with E-state index in [1.165, 1.54) is 0 Å². The molecule has 0 aliphatic heterocycles. The number of aliphatic hydroxyl groups excluding tert-OH is 1. The first-order valence-electron chi connectivity index (χ1n) is 4.97. The Hall–Kier alpha value is -0.260. The van der Waals surface area contributed by atoms with Crippen molar-refractivity contribution in [1.29, 1.82) is 0 Å². The van der Waals surface area contributed by atoms with Crippen molar-refractivity contribution in [2.24, 2.45) is 0 Å². The Kier molecular flexibility index (Phi) is 6.96. The van der Waals surface area contributed by atoms with Gasteiger partial charge in [-0.25, -0.2) is 8.78 Å². The van der Waals surface area contributed by atoms with Gasteiger partial charge in [0.1, 0.15) is 6.61 Å². The fourth-order valence-electron chi connectivity index (χ4n) is 1.10. The lowest BCUT2D eigenvalue weighted by molar-refractivity contribution is -0.0476. The Morgan fingerprint density at radius 3 is 2.29 bits per heavy atom. The summed E-state index contributed by atoms with van der Waals surface area (Å²) in [5.41, 5.74) is 0. The summed E-state index contributed by atoms with van der Waals surface area (Å²) in [6.07, 6.45) is 0. The minimum atomic E-state index is -3.00. The minimum absolute atomic E-state index is 0.454. The van der Waals surface area contributed by atoms with Crippen LogP contribution in [0.3, 0.4) is 0 Å². The molecule has 0 fully saturated rings. The van der Waals surface area contributed by atoms with Crippen LogP contribution in [0.2, 0.25) is 0 Å². The fourth-order valence-corrected chi connectivity index (χ4v) is 1.10. The maximum Gasteiger partial charge on any atom is 0.282 e. The van der Waals surface area contributed by atoms with E-state index in [2.05, 4.69) is 10.2 Å². The number of hydrogen-bond acceptors (Lipinski definition) is 3. The molecule has 14 heavy (non-hydrogen) atoms. The van der Waals surface area contributed by atoms with E-state index < -0.39 is 19.1 Å². The molecule has 0 heterocycles. The first-order chi connectivity index (χ1) is 6.55. The first kappa shape index (κ1) is 13.7. The Bertz CT molecular complexity index is 141. The van der Waals surface area contributed by atoms with Gasteiger partial charge in [0.25, 0.3) is 5.92 Å². The van der Waals surface area contributed by atoms with Gasteiger partial charge in [0.15, 0.2) is 0 Å². The second kappa shape index (κ2) is 7.09. The highest BCUT2D eigenvalue weighted by Crippen LogP contribution is 2.09. The second-order valence-electron chi connectivity index (χ2n) is 3.22. The Labute approximate surface area is 84.1 Å². The van der Waals surface area contributed by atoms with Gasteiger partial charge >= 0.3 is 0 Å². The van der Waals surface area contributed by atoms with Crippen LogP contribution in [0.1, 0.15) is 13.8 Å². The van der Waals surface area contributed by atoms with E-state index in [1.807, 2.05) is 13.8 Å². The largest absolute Gasteiger partial charge is 0.390 e. The van der Waals surface area contributed by atoms with Crippen molar-refractivity contribution in [3.63, 3.8) is 0 Å². The summed E-state index contributed by atoms with van der Waals surface area (Å²) < 4.78 is 25.0. The van der Waals surface area contributed by atoms with Crippen molar-refractivity contribution >= 4 is 0 Å². The van der Waals surface area contributed by atoms with Crippen LogP contribution in [0.5, 0.6) is 0 Å². The van der Waals surface area contributed by atoms with Gasteiger partial charge < -0.3 is 15.3 Å². The molecule has 0 saturated carbocycles. The first-order valence-corrected chi connectivity index (χ1v) is 4.97. The highest BCUT2D eigenvalue weighted by Gasteiger charge is 2.26. The van der Waals surface area contributed by atoms with Crippen molar-refractivity contribution in [2.45, 2.75) is 19.8 Å². The molecule has 0 aromatic rings. The number of hydrogen-bond donors (Lipinski definition) is 2. The molecule has 0 aliphatic carbocycles. The number of alkyl halides is 2. The predicted octanol–water partition coefficient (Wildman–Crippen LogP) is 0.545. The molecule has 0 rings (SSSR count). The number of aliphatic hydroxyl groups is 1. The summed E-state index contributed by atoms with van der Waals surface area (Å²) >= 11 is 0. The van der Waals surface area contributed by atoms with Gasteiger partial charge in [-0.15, -0.1) is 0 Å². The minimum Gasteiger partial charge on any atom is -0.390 e. The highest BCUT2D eigenvalue weighted by molar-refractivity contribution is 4.68. The molecule has 0 saturated heterocycles. The lowest BCUT2D eigenvalue weighted by Crippen LogP contribution is -2.39. The summed E-state index contributed by atoms with van der Waals surface area (Å²) in [5.74, 6) is -3.00. The van der Waals surface area contributed by atoms with Crippen LogP contribution in [0.15, 0.2) is 0 Å². The summed E-state index contributed by atoms with van der Waals surface area (Å²) in [5, 5.41) is 10.9. The van der Waals surface area contributed by atoms with E-state index in [4.69, 9.17) is 5.11 Å². The van der Waals surface area contributed by atoms with Gasteiger partial charge in [-0.1, -0.05) is 13.8 Å². The SMILES string of the molecule is CCN(CC)CCNCC(F)(F)CO. The molecule has 0 aromatic heterocycles. The summed E-state index contributed by atoms with van der Waals surface area (Å²) in [7, 11) is 0. The Morgan fingerprint density at radius 2 is 1.86 bits per heavy atom. The third kappa shape index (κ3) is 6.23. The number of nitrogens with one attached hydrogen (secondary N) is 1. The molecule has 0 spiro atoms. The number of nitrogens with zero attached hydrogens (tertiary/aromatic N) is 1. The van der Waals surface area contributed by atoms with E-state index in [0.29, 0.717) is 6.54 Å². The predicted molar refractivity (Wildman–Crippen MR) is 52.7 cm³/mol. The van der Waals surface area contributed by atoms with Gasteiger partial charge in [-0.3, -0.25) is 0 Å². The lowest BCUT2D eigenvalue weighted by Gasteiger charge is -2.19. The van der Waals surface area contributed by atoms with E-state index in [9.17, 15) is 8.78 Å². The van der Waals surface area contributed by atoms with Crippen molar-refractivity contribution in [3.8, 4) is 0 Å². The van der Waals surface area contributed by atoms with Crippen molar-refractivity contribution in [2.75, 3.05) is 39.3 Å². The van der Waals surface area contributed by atoms with Gasteiger partial charge in [0, 0.05) is 13.1 Å². The second-order valence-corrected chi connectivity index (χ2v) is 3.22. The quantitative estimate of drug-likeness (QED) is 0.574. The van der Waals surface area contributed by atoms with Crippen LogP contribution in [0.25, 0.3) is 0 Å². The molecule has 3 nitrogen and oxygen atoms in total. The molecular weight excluding hydrogens is 190 g/mol. The molecular formula is C9H20F2N2O. The average molecular weight is 210 g/mol. The van der Waals surface area contributed by atoms with E-state index in [0.717, 1.165) is 19.6 Å². The van der Waals surface area contributed by atoms with Gasteiger partial charge in [0.2, 0.25) is 0 Å². The molecule has 0 bridgehead atoms. The lowest BCUT2D eigenvalue weighted by atomic mass is 10.3. The summed E-state index contributed by atoms with van der Waals surface area (Å²) in [6, 6.07) is 0. The maximum absolute atomic E-state index is 12.5. The van der Waals surface area contributed by atoms with Gasteiger partial charge in [-0.05, 0) is 13.1 Å². The molecule has 0 aromatic carbocycles. The molecule has 0 radical (unpaired) electrons. The van der Waals surface area contributed by atoms with Crippen molar-refractivity contribution in [1.82, 2.24) is 10.2 Å². The Morgan fingerprint density at radius 1 is 1.29 bits per heavy atom. The van der Waals surface area contributed by atoms with Crippen LogP contribution >= 0.6 is 0 Å². The molecule has 0 aliphatic rings. The van der Waals surface area contributed by atoms with Crippen LogP contribution in [0.4, 0.5) is 8.78 Å². The van der Waals surface area contributed by atoms with Crippen LogP contribution in [-0.4, -0.2) is 55.3 Å². The van der Waals surface area contributed by atoms with Gasteiger partial charge in [-0.2, -0.15) is 0 Å². The molecule has 0 unspecified atom stereocenters.